The van der Waals surface area contributed by atoms with Gasteiger partial charge in [-0.3, -0.25) is 4.79 Å². The number of carbonyl (C=O) groups is 1. The maximum atomic E-state index is 13.2. The zero-order valence-electron chi connectivity index (χ0n) is 18.3. The summed E-state index contributed by atoms with van der Waals surface area (Å²) in [4.78, 5) is 17.4. The first kappa shape index (κ1) is 24.0. The minimum absolute atomic E-state index is 0.000579. The van der Waals surface area contributed by atoms with Gasteiger partial charge in [-0.15, -0.1) is 0 Å². The van der Waals surface area contributed by atoms with Crippen LogP contribution in [-0.2, 0) is 12.6 Å². The van der Waals surface area contributed by atoms with Crippen LogP contribution < -0.4 is 10.1 Å². The van der Waals surface area contributed by atoms with Crippen LogP contribution in [0.25, 0.3) is 11.1 Å². The topological polar surface area (TPSA) is 71.5 Å². The van der Waals surface area contributed by atoms with Crippen molar-refractivity contribution >= 4 is 5.91 Å². The molecule has 2 aromatic rings. The summed E-state index contributed by atoms with van der Waals surface area (Å²) >= 11 is 0. The van der Waals surface area contributed by atoms with E-state index in [9.17, 15) is 23.1 Å². The fraction of sp³-hybridized carbons (Fsp3) is 0.500. The van der Waals surface area contributed by atoms with Crippen LogP contribution in [0, 0.1) is 5.92 Å². The molecule has 1 aliphatic carbocycles. The van der Waals surface area contributed by atoms with Crippen molar-refractivity contribution in [2.24, 2.45) is 5.92 Å². The number of amides is 1. The highest BCUT2D eigenvalue weighted by molar-refractivity contribution is 5.99. The molecule has 0 radical (unpaired) electrons. The largest absolute Gasteiger partial charge is 0.480 e. The van der Waals surface area contributed by atoms with Gasteiger partial charge in [0.25, 0.3) is 5.91 Å². The molecule has 1 aromatic heterocycles. The maximum Gasteiger partial charge on any atom is 0.416 e. The summed E-state index contributed by atoms with van der Waals surface area (Å²) in [5.41, 5.74) is 1.39. The third-order valence-electron chi connectivity index (χ3n) is 5.99. The molecule has 1 amide bonds. The van der Waals surface area contributed by atoms with Gasteiger partial charge in [-0.25, -0.2) is 4.98 Å². The Labute approximate surface area is 186 Å². The first-order valence-electron chi connectivity index (χ1n) is 11.0. The number of nitrogens with zero attached hydrogens (tertiary/aromatic N) is 1. The number of hydrogen-bond acceptors (Lipinski definition) is 4. The Hall–Kier alpha value is -2.61. The quantitative estimate of drug-likeness (QED) is 0.622. The molecule has 1 aromatic carbocycles. The van der Waals surface area contributed by atoms with Gasteiger partial charge in [0.15, 0.2) is 0 Å². The summed E-state index contributed by atoms with van der Waals surface area (Å²) < 4.78 is 44.2. The lowest BCUT2D eigenvalue weighted by atomic mass is 9.86. The Morgan fingerprint density at radius 2 is 1.91 bits per heavy atom. The number of methoxy groups -OCH3 is 1. The van der Waals surface area contributed by atoms with Crippen molar-refractivity contribution in [2.45, 2.75) is 57.7 Å². The van der Waals surface area contributed by atoms with E-state index in [0.717, 1.165) is 44.2 Å². The van der Waals surface area contributed by atoms with Crippen molar-refractivity contribution in [1.29, 1.82) is 0 Å². The molecule has 0 bridgehead atoms. The van der Waals surface area contributed by atoms with Crippen LogP contribution in [0.4, 0.5) is 13.2 Å². The number of aromatic nitrogens is 1. The number of hydrogen-bond donors (Lipinski definition) is 2. The number of aliphatic hydroxyl groups is 1. The number of carbonyl (C=O) groups excluding carboxylic acids is 1. The number of halogens is 3. The van der Waals surface area contributed by atoms with E-state index in [1.807, 2.05) is 6.92 Å². The number of benzene rings is 1. The minimum atomic E-state index is -4.42. The molecule has 8 heteroatoms. The van der Waals surface area contributed by atoms with Gasteiger partial charge in [0.1, 0.15) is 5.56 Å². The lowest BCUT2D eigenvalue weighted by Crippen LogP contribution is -2.37. The van der Waals surface area contributed by atoms with Gasteiger partial charge in [0.2, 0.25) is 5.88 Å². The van der Waals surface area contributed by atoms with Crippen molar-refractivity contribution in [3.63, 3.8) is 0 Å². The minimum Gasteiger partial charge on any atom is -0.480 e. The third kappa shape index (κ3) is 5.41. The smallest absolute Gasteiger partial charge is 0.416 e. The molecule has 2 unspecified atom stereocenters. The lowest BCUT2D eigenvalue weighted by Gasteiger charge is -2.28. The fourth-order valence-electron chi connectivity index (χ4n) is 4.25. The molecule has 2 atom stereocenters. The standard InChI is InChI=1S/C24H29F3N2O3/c1-3-6-18-19(15-9-11-17(12-10-15)24(25,26)27)14-29-23(32-2)21(18)22(31)28-13-16-7-4-5-8-20(16)30/h9-12,14,16,20,30H,3-8,13H2,1-2H3,(H,28,31). The van der Waals surface area contributed by atoms with E-state index >= 15 is 0 Å². The van der Waals surface area contributed by atoms with Gasteiger partial charge in [-0.2, -0.15) is 13.2 Å². The molecule has 32 heavy (non-hydrogen) atoms. The third-order valence-corrected chi connectivity index (χ3v) is 5.99. The van der Waals surface area contributed by atoms with Gasteiger partial charge in [-0.05, 0) is 42.5 Å². The second-order valence-corrected chi connectivity index (χ2v) is 8.18. The molecule has 0 saturated heterocycles. The first-order chi connectivity index (χ1) is 15.3. The van der Waals surface area contributed by atoms with Crippen LogP contribution in [0.5, 0.6) is 5.88 Å². The van der Waals surface area contributed by atoms with E-state index in [1.54, 1.807) is 0 Å². The normalized spacial score (nSPS) is 18.9. The highest BCUT2D eigenvalue weighted by Gasteiger charge is 2.30. The number of alkyl halides is 3. The number of pyridine rings is 1. The van der Waals surface area contributed by atoms with E-state index < -0.39 is 17.8 Å². The average molecular weight is 451 g/mol. The monoisotopic (exact) mass is 450 g/mol. The predicted molar refractivity (Wildman–Crippen MR) is 116 cm³/mol. The van der Waals surface area contributed by atoms with Crippen LogP contribution in [-0.4, -0.2) is 35.8 Å². The van der Waals surface area contributed by atoms with Crippen molar-refractivity contribution in [3.05, 3.63) is 47.2 Å². The van der Waals surface area contributed by atoms with Gasteiger partial charge in [0, 0.05) is 24.2 Å². The van der Waals surface area contributed by atoms with E-state index in [4.69, 9.17) is 4.74 Å². The average Bonchev–Trinajstić information content (AvgIpc) is 2.77. The Morgan fingerprint density at radius 1 is 1.22 bits per heavy atom. The van der Waals surface area contributed by atoms with Gasteiger partial charge >= 0.3 is 6.18 Å². The summed E-state index contributed by atoms with van der Waals surface area (Å²) in [6, 6.07) is 4.84. The van der Waals surface area contributed by atoms with E-state index in [0.29, 0.717) is 29.7 Å². The van der Waals surface area contributed by atoms with Crippen LogP contribution in [0.2, 0.25) is 0 Å². The van der Waals surface area contributed by atoms with Gasteiger partial charge < -0.3 is 15.2 Å². The van der Waals surface area contributed by atoms with Crippen molar-refractivity contribution in [2.75, 3.05) is 13.7 Å². The molecular formula is C24H29F3N2O3. The zero-order chi connectivity index (χ0) is 23.3. The summed E-state index contributed by atoms with van der Waals surface area (Å²) in [5, 5.41) is 13.1. The molecule has 1 aliphatic rings. The molecule has 0 spiro atoms. The van der Waals surface area contributed by atoms with Crippen LogP contribution in [0.1, 0.15) is 60.5 Å². The molecule has 2 N–H and O–H groups in total. The molecule has 1 saturated carbocycles. The van der Waals surface area contributed by atoms with E-state index in [2.05, 4.69) is 10.3 Å². The number of rotatable bonds is 7. The summed E-state index contributed by atoms with van der Waals surface area (Å²) in [6.07, 6.45) is 1.53. The fourth-order valence-corrected chi connectivity index (χ4v) is 4.25. The molecule has 1 heterocycles. The summed E-state index contributed by atoms with van der Waals surface area (Å²) in [5.74, 6) is -0.186. The van der Waals surface area contributed by atoms with Crippen molar-refractivity contribution < 1.29 is 27.8 Å². The van der Waals surface area contributed by atoms with Crippen LogP contribution >= 0.6 is 0 Å². The number of nitrogens with one attached hydrogen (secondary N) is 1. The molecular weight excluding hydrogens is 421 g/mol. The maximum absolute atomic E-state index is 13.2. The Morgan fingerprint density at radius 3 is 2.50 bits per heavy atom. The SMILES string of the molecule is CCCc1c(-c2ccc(C(F)(F)F)cc2)cnc(OC)c1C(=O)NCC1CCCCC1O. The Bertz CT molecular complexity index is 929. The molecule has 3 rings (SSSR count). The summed E-state index contributed by atoms with van der Waals surface area (Å²) in [6.45, 7) is 2.31. The van der Waals surface area contributed by atoms with Gasteiger partial charge in [-0.1, -0.05) is 38.3 Å². The second-order valence-electron chi connectivity index (χ2n) is 8.18. The predicted octanol–water partition coefficient (Wildman–Crippen LogP) is 5.01. The zero-order valence-corrected chi connectivity index (χ0v) is 18.3. The Balaban J connectivity index is 1.94. The second kappa shape index (κ2) is 10.3. The highest BCUT2D eigenvalue weighted by atomic mass is 19.4. The molecule has 174 valence electrons. The molecule has 1 fully saturated rings. The lowest BCUT2D eigenvalue weighted by molar-refractivity contribution is -0.137. The highest BCUT2D eigenvalue weighted by Crippen LogP contribution is 2.35. The van der Waals surface area contributed by atoms with Crippen molar-refractivity contribution in [1.82, 2.24) is 10.3 Å². The first-order valence-corrected chi connectivity index (χ1v) is 11.0. The van der Waals surface area contributed by atoms with E-state index in [1.165, 1.54) is 25.4 Å². The van der Waals surface area contributed by atoms with Gasteiger partial charge in [0.05, 0.1) is 18.8 Å². The van der Waals surface area contributed by atoms with E-state index in [-0.39, 0.29) is 23.3 Å². The number of aliphatic hydroxyl groups excluding tert-OH is 1. The number of ether oxygens (including phenoxy) is 1. The van der Waals surface area contributed by atoms with Crippen LogP contribution in [0.15, 0.2) is 30.5 Å². The van der Waals surface area contributed by atoms with Crippen LogP contribution in [0.3, 0.4) is 0 Å². The summed E-state index contributed by atoms with van der Waals surface area (Å²) in [7, 11) is 1.43. The van der Waals surface area contributed by atoms with Crippen molar-refractivity contribution in [3.8, 4) is 17.0 Å². The molecule has 0 aliphatic heterocycles. The molecule has 5 nitrogen and oxygen atoms in total. The Kier molecular flexibility index (Phi) is 7.77.